The summed E-state index contributed by atoms with van der Waals surface area (Å²) in [6.07, 6.45) is 1.20. The lowest BCUT2D eigenvalue weighted by molar-refractivity contribution is -0.0631. The van der Waals surface area contributed by atoms with E-state index in [0.717, 1.165) is 25.4 Å². The van der Waals surface area contributed by atoms with E-state index in [1.165, 1.54) is 5.56 Å². The van der Waals surface area contributed by atoms with Gasteiger partial charge in [-0.05, 0) is 44.5 Å². The fourth-order valence-corrected chi connectivity index (χ4v) is 2.24. The SMILES string of the molecule is CC(C)Oc1ccc(C2(CCN)COC2)cc1. The van der Waals surface area contributed by atoms with Crippen LogP contribution in [0.5, 0.6) is 5.75 Å². The fourth-order valence-electron chi connectivity index (χ4n) is 2.24. The molecule has 2 rings (SSSR count). The lowest BCUT2D eigenvalue weighted by atomic mass is 9.76. The third-order valence-corrected chi connectivity index (χ3v) is 3.22. The van der Waals surface area contributed by atoms with Crippen LogP contribution in [0.2, 0.25) is 0 Å². The van der Waals surface area contributed by atoms with Crippen LogP contribution in [0, 0.1) is 0 Å². The maximum Gasteiger partial charge on any atom is 0.119 e. The van der Waals surface area contributed by atoms with Crippen LogP contribution in [0.1, 0.15) is 25.8 Å². The summed E-state index contributed by atoms with van der Waals surface area (Å²) in [5, 5.41) is 0. The molecule has 1 aliphatic heterocycles. The van der Waals surface area contributed by atoms with Gasteiger partial charge in [-0.1, -0.05) is 12.1 Å². The Balaban J connectivity index is 2.11. The van der Waals surface area contributed by atoms with E-state index in [2.05, 4.69) is 12.1 Å². The minimum atomic E-state index is 0.144. The Morgan fingerprint density at radius 3 is 2.35 bits per heavy atom. The second kappa shape index (κ2) is 5.07. The molecular formula is C14H21NO2. The molecule has 94 valence electrons. The van der Waals surface area contributed by atoms with Crippen LogP contribution in [0.4, 0.5) is 0 Å². The first kappa shape index (κ1) is 12.4. The Morgan fingerprint density at radius 2 is 1.94 bits per heavy atom. The standard InChI is InChI=1S/C14H21NO2/c1-11(2)17-13-5-3-12(4-6-13)14(7-8-15)9-16-10-14/h3-6,11H,7-10,15H2,1-2H3. The molecule has 0 unspecified atom stereocenters. The van der Waals surface area contributed by atoms with Gasteiger partial charge in [-0.15, -0.1) is 0 Å². The topological polar surface area (TPSA) is 44.5 Å². The third kappa shape index (κ3) is 2.61. The summed E-state index contributed by atoms with van der Waals surface area (Å²) in [5.41, 5.74) is 7.13. The quantitative estimate of drug-likeness (QED) is 0.850. The number of benzene rings is 1. The average molecular weight is 235 g/mol. The molecule has 1 fully saturated rings. The molecule has 0 aromatic heterocycles. The van der Waals surface area contributed by atoms with Crippen LogP contribution in [0.15, 0.2) is 24.3 Å². The van der Waals surface area contributed by atoms with E-state index in [1.54, 1.807) is 0 Å². The molecule has 1 aromatic rings. The van der Waals surface area contributed by atoms with Gasteiger partial charge in [-0.2, -0.15) is 0 Å². The molecule has 1 saturated heterocycles. The number of rotatable bonds is 5. The maximum absolute atomic E-state index is 5.68. The van der Waals surface area contributed by atoms with Crippen LogP contribution in [-0.2, 0) is 10.2 Å². The predicted octanol–water partition coefficient (Wildman–Crippen LogP) is 2.09. The van der Waals surface area contributed by atoms with Crippen molar-refractivity contribution >= 4 is 0 Å². The van der Waals surface area contributed by atoms with Crippen molar-refractivity contribution in [3.63, 3.8) is 0 Å². The van der Waals surface area contributed by atoms with Crippen molar-refractivity contribution in [2.75, 3.05) is 19.8 Å². The largest absolute Gasteiger partial charge is 0.491 e. The van der Waals surface area contributed by atoms with Crippen LogP contribution in [0.25, 0.3) is 0 Å². The van der Waals surface area contributed by atoms with Gasteiger partial charge in [0.15, 0.2) is 0 Å². The van der Waals surface area contributed by atoms with Crippen molar-refractivity contribution < 1.29 is 9.47 Å². The first-order chi connectivity index (χ1) is 8.16. The molecule has 0 bridgehead atoms. The fraction of sp³-hybridized carbons (Fsp3) is 0.571. The third-order valence-electron chi connectivity index (χ3n) is 3.22. The summed E-state index contributed by atoms with van der Waals surface area (Å²) < 4.78 is 11.0. The van der Waals surface area contributed by atoms with Crippen LogP contribution >= 0.6 is 0 Å². The van der Waals surface area contributed by atoms with Crippen molar-refractivity contribution in [3.8, 4) is 5.75 Å². The van der Waals surface area contributed by atoms with Crippen molar-refractivity contribution in [2.45, 2.75) is 31.8 Å². The van der Waals surface area contributed by atoms with E-state index in [1.807, 2.05) is 26.0 Å². The van der Waals surface area contributed by atoms with Crippen molar-refractivity contribution in [2.24, 2.45) is 5.73 Å². The second-order valence-electron chi connectivity index (χ2n) is 5.00. The van der Waals surface area contributed by atoms with Gasteiger partial charge in [0, 0.05) is 5.41 Å². The highest BCUT2D eigenvalue weighted by Crippen LogP contribution is 2.36. The van der Waals surface area contributed by atoms with Gasteiger partial charge >= 0.3 is 0 Å². The van der Waals surface area contributed by atoms with Crippen molar-refractivity contribution in [1.82, 2.24) is 0 Å². The minimum absolute atomic E-state index is 0.144. The van der Waals surface area contributed by atoms with Gasteiger partial charge in [0.2, 0.25) is 0 Å². The molecule has 1 aromatic carbocycles. The molecule has 0 spiro atoms. The lowest BCUT2D eigenvalue weighted by Gasteiger charge is -2.42. The molecule has 3 heteroatoms. The highest BCUT2D eigenvalue weighted by Gasteiger charge is 2.39. The minimum Gasteiger partial charge on any atom is -0.491 e. The molecule has 17 heavy (non-hydrogen) atoms. The molecule has 1 heterocycles. The molecule has 0 amide bonds. The normalized spacial score (nSPS) is 17.9. The van der Waals surface area contributed by atoms with Gasteiger partial charge in [-0.3, -0.25) is 0 Å². The highest BCUT2D eigenvalue weighted by molar-refractivity contribution is 5.34. The van der Waals surface area contributed by atoms with Crippen LogP contribution in [0.3, 0.4) is 0 Å². The smallest absolute Gasteiger partial charge is 0.119 e. The van der Waals surface area contributed by atoms with Gasteiger partial charge < -0.3 is 15.2 Å². The van der Waals surface area contributed by atoms with E-state index in [0.29, 0.717) is 6.54 Å². The Morgan fingerprint density at radius 1 is 1.29 bits per heavy atom. The van der Waals surface area contributed by atoms with Crippen molar-refractivity contribution in [1.29, 1.82) is 0 Å². The summed E-state index contributed by atoms with van der Waals surface area (Å²) in [5.74, 6) is 0.923. The van der Waals surface area contributed by atoms with E-state index in [9.17, 15) is 0 Å². The zero-order chi connectivity index (χ0) is 12.3. The van der Waals surface area contributed by atoms with Gasteiger partial charge in [0.1, 0.15) is 5.75 Å². The highest BCUT2D eigenvalue weighted by atomic mass is 16.5. The molecule has 0 radical (unpaired) electrons. The molecule has 0 atom stereocenters. The molecule has 0 aliphatic carbocycles. The molecule has 1 aliphatic rings. The number of hydrogen-bond acceptors (Lipinski definition) is 3. The summed E-state index contributed by atoms with van der Waals surface area (Å²) in [4.78, 5) is 0. The van der Waals surface area contributed by atoms with Gasteiger partial charge in [0.25, 0.3) is 0 Å². The number of nitrogens with two attached hydrogens (primary N) is 1. The predicted molar refractivity (Wildman–Crippen MR) is 68.4 cm³/mol. The average Bonchev–Trinajstić information content (AvgIpc) is 2.24. The first-order valence-electron chi connectivity index (χ1n) is 6.21. The molecule has 0 saturated carbocycles. The number of ether oxygens (including phenoxy) is 2. The second-order valence-corrected chi connectivity index (χ2v) is 5.00. The number of hydrogen-bond donors (Lipinski definition) is 1. The van der Waals surface area contributed by atoms with E-state index in [-0.39, 0.29) is 11.5 Å². The Kier molecular flexibility index (Phi) is 3.69. The zero-order valence-electron chi connectivity index (χ0n) is 10.6. The summed E-state index contributed by atoms with van der Waals surface area (Å²) >= 11 is 0. The monoisotopic (exact) mass is 235 g/mol. The molecular weight excluding hydrogens is 214 g/mol. The molecule has 2 N–H and O–H groups in total. The van der Waals surface area contributed by atoms with Crippen molar-refractivity contribution in [3.05, 3.63) is 29.8 Å². The van der Waals surface area contributed by atoms with Crippen LogP contribution in [-0.4, -0.2) is 25.9 Å². The zero-order valence-corrected chi connectivity index (χ0v) is 10.6. The van der Waals surface area contributed by atoms with Gasteiger partial charge in [0.05, 0.1) is 19.3 Å². The van der Waals surface area contributed by atoms with E-state index < -0.39 is 0 Å². The lowest BCUT2D eigenvalue weighted by Crippen LogP contribution is -2.48. The molecule has 3 nitrogen and oxygen atoms in total. The Bertz CT molecular complexity index is 355. The maximum atomic E-state index is 5.68. The first-order valence-corrected chi connectivity index (χ1v) is 6.21. The van der Waals surface area contributed by atoms with E-state index in [4.69, 9.17) is 15.2 Å². The van der Waals surface area contributed by atoms with Gasteiger partial charge in [-0.25, -0.2) is 0 Å². The summed E-state index contributed by atoms with van der Waals surface area (Å²) in [6, 6.07) is 8.34. The summed E-state index contributed by atoms with van der Waals surface area (Å²) in [7, 11) is 0. The van der Waals surface area contributed by atoms with Crippen LogP contribution < -0.4 is 10.5 Å². The van der Waals surface area contributed by atoms with E-state index >= 15 is 0 Å². The Hall–Kier alpha value is -1.06. The summed E-state index contributed by atoms with van der Waals surface area (Å²) in [6.45, 7) is 6.34. The Labute approximate surface area is 103 Å².